The summed E-state index contributed by atoms with van der Waals surface area (Å²) >= 11 is 6.12. The van der Waals surface area contributed by atoms with Crippen molar-refractivity contribution in [2.45, 2.75) is 39.9 Å². The molecule has 2 heterocycles. The minimum Gasteiger partial charge on any atom is -0.490 e. The number of ether oxygens (including phenoxy) is 2. The van der Waals surface area contributed by atoms with Crippen molar-refractivity contribution in [3.8, 4) is 34.5 Å². The Labute approximate surface area is 201 Å². The van der Waals surface area contributed by atoms with Gasteiger partial charge in [0.1, 0.15) is 30.2 Å². The largest absolute Gasteiger partial charge is 0.490 e. The second kappa shape index (κ2) is 11.3. The van der Waals surface area contributed by atoms with Crippen LogP contribution in [0.4, 0.5) is 0 Å². The van der Waals surface area contributed by atoms with Crippen LogP contribution in [0.5, 0.6) is 11.6 Å². The third-order valence-corrected chi connectivity index (χ3v) is 4.81. The molecule has 182 valence electrons. The molecule has 0 fully saturated rings. The Kier molecular flexibility index (Phi) is 8.43. The number of halogens is 1. The van der Waals surface area contributed by atoms with Gasteiger partial charge >= 0.3 is 0 Å². The molecule has 3 aromatic rings. The Bertz CT molecular complexity index is 1130. The van der Waals surface area contributed by atoms with E-state index < -0.39 is 18.6 Å². The van der Waals surface area contributed by atoms with Crippen molar-refractivity contribution in [2.75, 3.05) is 19.8 Å². The highest BCUT2D eigenvalue weighted by atomic mass is 35.5. The van der Waals surface area contributed by atoms with E-state index in [1.165, 1.54) is 0 Å². The summed E-state index contributed by atoms with van der Waals surface area (Å²) in [4.78, 5) is 19.7. The van der Waals surface area contributed by atoms with Crippen molar-refractivity contribution in [1.82, 2.24) is 20.4 Å². The van der Waals surface area contributed by atoms with Crippen LogP contribution in [0.3, 0.4) is 0 Å². The highest BCUT2D eigenvalue weighted by Crippen LogP contribution is 2.31. The fourth-order valence-corrected chi connectivity index (χ4v) is 3.39. The first kappa shape index (κ1) is 25.4. The zero-order valence-corrected chi connectivity index (χ0v) is 20.1. The maximum absolute atomic E-state index is 11.1. The number of hydrogen-bond donors (Lipinski definition) is 3. The van der Waals surface area contributed by atoms with Gasteiger partial charge in [0, 0.05) is 23.7 Å². The second-order valence-corrected chi connectivity index (χ2v) is 8.36. The maximum atomic E-state index is 11.1. The predicted octanol–water partition coefficient (Wildman–Crippen LogP) is 2.70. The van der Waals surface area contributed by atoms with E-state index in [4.69, 9.17) is 30.7 Å². The highest BCUT2D eigenvalue weighted by molar-refractivity contribution is 6.29. The second-order valence-electron chi connectivity index (χ2n) is 7.97. The van der Waals surface area contributed by atoms with Gasteiger partial charge < -0.3 is 29.5 Å². The van der Waals surface area contributed by atoms with E-state index >= 15 is 0 Å². The number of aliphatic hydroxyl groups excluding tert-OH is 2. The minimum absolute atomic E-state index is 0.0237. The Morgan fingerprint density at radius 1 is 1.15 bits per heavy atom. The zero-order valence-electron chi connectivity index (χ0n) is 19.3. The Balaban J connectivity index is 1.75. The van der Waals surface area contributed by atoms with Crippen LogP contribution in [0, 0.1) is 13.8 Å². The van der Waals surface area contributed by atoms with E-state index in [1.807, 2.05) is 39.8 Å². The van der Waals surface area contributed by atoms with Crippen molar-refractivity contribution in [1.29, 1.82) is 0 Å². The van der Waals surface area contributed by atoms with Crippen molar-refractivity contribution < 1.29 is 29.0 Å². The van der Waals surface area contributed by atoms with Gasteiger partial charge in [-0.1, -0.05) is 16.8 Å². The van der Waals surface area contributed by atoms with Crippen molar-refractivity contribution in [2.24, 2.45) is 0 Å². The number of rotatable bonds is 10. The SMILES string of the molecule is Cc1cc(-c2noc(-c3cc(Cl)nc(OC(C)C)c3)n2)cc(C)c1OC[C@H](O)CNC(=O)CO. The van der Waals surface area contributed by atoms with Crippen molar-refractivity contribution >= 4 is 17.5 Å². The van der Waals surface area contributed by atoms with Crippen LogP contribution >= 0.6 is 11.6 Å². The van der Waals surface area contributed by atoms with E-state index in [2.05, 4.69) is 20.4 Å². The van der Waals surface area contributed by atoms with Gasteiger partial charge in [0.25, 0.3) is 5.89 Å². The van der Waals surface area contributed by atoms with Gasteiger partial charge in [-0.2, -0.15) is 4.98 Å². The van der Waals surface area contributed by atoms with Gasteiger partial charge in [0.05, 0.1) is 6.10 Å². The molecule has 0 saturated heterocycles. The van der Waals surface area contributed by atoms with Crippen LogP contribution in [-0.2, 0) is 4.79 Å². The molecular weight excluding hydrogens is 464 g/mol. The number of benzene rings is 1. The number of aromatic nitrogens is 3. The molecule has 3 N–H and O–H groups in total. The smallest absolute Gasteiger partial charge is 0.258 e. The van der Waals surface area contributed by atoms with E-state index in [0.717, 1.165) is 16.7 Å². The number of nitrogens with one attached hydrogen (secondary N) is 1. The average molecular weight is 491 g/mol. The Morgan fingerprint density at radius 3 is 2.50 bits per heavy atom. The summed E-state index contributed by atoms with van der Waals surface area (Å²) in [6, 6.07) is 7.01. The molecule has 0 radical (unpaired) electrons. The summed E-state index contributed by atoms with van der Waals surface area (Å²) < 4.78 is 16.8. The summed E-state index contributed by atoms with van der Waals surface area (Å²) in [5, 5.41) is 25.4. The molecule has 0 saturated carbocycles. The number of pyridine rings is 1. The van der Waals surface area contributed by atoms with Crippen LogP contribution in [0.2, 0.25) is 5.15 Å². The van der Waals surface area contributed by atoms with Crippen LogP contribution in [0.25, 0.3) is 22.8 Å². The number of aryl methyl sites for hydroxylation is 2. The zero-order chi connectivity index (χ0) is 24.8. The summed E-state index contributed by atoms with van der Waals surface area (Å²) in [6.07, 6.45) is -0.991. The van der Waals surface area contributed by atoms with Crippen LogP contribution < -0.4 is 14.8 Å². The van der Waals surface area contributed by atoms with Gasteiger partial charge in [-0.3, -0.25) is 4.79 Å². The third kappa shape index (κ3) is 6.66. The molecule has 11 heteroatoms. The molecule has 0 spiro atoms. The highest BCUT2D eigenvalue weighted by Gasteiger charge is 2.17. The summed E-state index contributed by atoms with van der Waals surface area (Å²) in [5.41, 5.74) is 2.94. The lowest BCUT2D eigenvalue weighted by Gasteiger charge is -2.16. The van der Waals surface area contributed by atoms with Crippen LogP contribution in [0.15, 0.2) is 28.8 Å². The number of amides is 1. The summed E-state index contributed by atoms with van der Waals surface area (Å²) in [5.74, 6) is 1.07. The first-order valence-corrected chi connectivity index (χ1v) is 11.0. The molecule has 34 heavy (non-hydrogen) atoms. The molecule has 2 aromatic heterocycles. The van der Waals surface area contributed by atoms with Crippen LogP contribution in [0.1, 0.15) is 25.0 Å². The first-order valence-electron chi connectivity index (χ1n) is 10.6. The molecule has 0 unspecified atom stereocenters. The first-order chi connectivity index (χ1) is 16.2. The molecule has 0 aliphatic carbocycles. The molecule has 10 nitrogen and oxygen atoms in total. The quantitative estimate of drug-likeness (QED) is 0.366. The van der Waals surface area contributed by atoms with E-state index in [-0.39, 0.29) is 30.3 Å². The lowest BCUT2D eigenvalue weighted by atomic mass is 10.1. The monoisotopic (exact) mass is 490 g/mol. The van der Waals surface area contributed by atoms with Crippen molar-refractivity contribution in [3.63, 3.8) is 0 Å². The Hall–Kier alpha value is -3.21. The summed E-state index contributed by atoms with van der Waals surface area (Å²) in [7, 11) is 0. The standard InChI is InChI=1S/C23H27ClN4O6/c1-12(2)33-20-8-16(7-18(24)26-20)23-27-22(28-34-23)15-5-13(3)21(14(4)6-15)32-11-17(30)9-25-19(31)10-29/h5-8,12,17,29-30H,9-11H2,1-4H3,(H,25,31)/t17-/m1/s1. The molecular formula is C23H27ClN4O6. The van der Waals surface area contributed by atoms with Gasteiger partial charge in [-0.25, -0.2) is 4.98 Å². The molecule has 0 aliphatic rings. The maximum Gasteiger partial charge on any atom is 0.258 e. The average Bonchev–Trinajstić information content (AvgIpc) is 3.26. The van der Waals surface area contributed by atoms with Gasteiger partial charge in [-0.05, 0) is 57.0 Å². The lowest BCUT2D eigenvalue weighted by Crippen LogP contribution is -2.36. The molecule has 1 amide bonds. The molecule has 1 aromatic carbocycles. The van der Waals surface area contributed by atoms with E-state index in [1.54, 1.807) is 12.1 Å². The normalized spacial score (nSPS) is 12.0. The number of carbonyl (C=O) groups is 1. The predicted molar refractivity (Wildman–Crippen MR) is 125 cm³/mol. The topological polar surface area (TPSA) is 140 Å². The van der Waals surface area contributed by atoms with E-state index in [0.29, 0.717) is 23.0 Å². The summed E-state index contributed by atoms with van der Waals surface area (Å²) in [6.45, 7) is 6.83. The Morgan fingerprint density at radius 2 is 1.85 bits per heavy atom. The van der Waals surface area contributed by atoms with Crippen LogP contribution in [-0.4, -0.2) is 63.2 Å². The fraction of sp³-hybridized carbons (Fsp3) is 0.391. The van der Waals surface area contributed by atoms with Crippen molar-refractivity contribution in [3.05, 3.63) is 40.5 Å². The number of carbonyl (C=O) groups excluding carboxylic acids is 1. The minimum atomic E-state index is -0.925. The van der Waals surface area contributed by atoms with Gasteiger partial charge in [-0.15, -0.1) is 0 Å². The molecule has 0 bridgehead atoms. The third-order valence-electron chi connectivity index (χ3n) is 4.62. The molecule has 0 aliphatic heterocycles. The van der Waals surface area contributed by atoms with Gasteiger partial charge in [0.2, 0.25) is 17.6 Å². The van der Waals surface area contributed by atoms with Gasteiger partial charge in [0.15, 0.2) is 0 Å². The molecule has 3 rings (SSSR count). The lowest BCUT2D eigenvalue weighted by molar-refractivity contribution is -0.124. The number of aliphatic hydroxyl groups is 2. The fourth-order valence-electron chi connectivity index (χ4n) is 3.19. The number of nitrogens with zero attached hydrogens (tertiary/aromatic N) is 3. The molecule has 1 atom stereocenters. The number of hydrogen-bond acceptors (Lipinski definition) is 9. The van der Waals surface area contributed by atoms with E-state index in [9.17, 15) is 9.90 Å².